The maximum absolute atomic E-state index is 11.5. The normalized spacial score (nSPS) is 29.3. The molecule has 0 fully saturated rings. The largest absolute Gasteiger partial charge is 0.374 e. The molecule has 0 aromatic rings. The molecule has 1 aliphatic heterocycles. The number of hydrogen-bond acceptors (Lipinski definition) is 3. The fraction of sp³-hybridized carbons (Fsp3) is 0.750. The molecule has 0 aliphatic carbocycles. The van der Waals surface area contributed by atoms with Gasteiger partial charge in [0.25, 0.3) is 0 Å². The van der Waals surface area contributed by atoms with Crippen molar-refractivity contribution in [1.82, 2.24) is 4.90 Å². The van der Waals surface area contributed by atoms with E-state index in [4.69, 9.17) is 0 Å². The topological polar surface area (TPSA) is 37.4 Å². The van der Waals surface area contributed by atoms with Crippen molar-refractivity contribution in [3.8, 4) is 0 Å². The zero-order valence-corrected chi connectivity index (χ0v) is 8.77. The van der Waals surface area contributed by atoms with Crippen molar-refractivity contribution in [2.45, 2.75) is 26.8 Å². The van der Waals surface area contributed by atoms with Crippen molar-refractivity contribution in [2.75, 3.05) is 12.8 Å². The summed E-state index contributed by atoms with van der Waals surface area (Å²) in [5.74, 6) is 0.243. The van der Waals surface area contributed by atoms with Gasteiger partial charge in [-0.15, -0.1) is 0 Å². The first-order chi connectivity index (χ1) is 5.36. The average molecular weight is 189 g/mol. The van der Waals surface area contributed by atoms with Crippen LogP contribution in [0.2, 0.25) is 0 Å². The second kappa shape index (κ2) is 2.76. The Morgan fingerprint density at radius 3 is 2.42 bits per heavy atom. The third kappa shape index (κ3) is 1.35. The Hall–Kier alpha value is -0.510. The lowest BCUT2D eigenvalue weighted by Gasteiger charge is -2.33. The smallest absolute Gasteiger partial charge is 0.177 e. The van der Waals surface area contributed by atoms with Crippen LogP contribution >= 0.6 is 0 Å². The van der Waals surface area contributed by atoms with E-state index < -0.39 is 9.84 Å². The molecule has 1 atom stereocenters. The first kappa shape index (κ1) is 9.58. The molecule has 1 rings (SSSR count). The van der Waals surface area contributed by atoms with Gasteiger partial charge >= 0.3 is 0 Å². The molecule has 0 N–H and O–H groups in total. The first-order valence-electron chi connectivity index (χ1n) is 3.99. The molecule has 0 radical (unpaired) electrons. The van der Waals surface area contributed by atoms with Gasteiger partial charge in [0.15, 0.2) is 9.84 Å². The van der Waals surface area contributed by atoms with Gasteiger partial charge in [0.2, 0.25) is 0 Å². The van der Waals surface area contributed by atoms with Gasteiger partial charge in [0.05, 0.1) is 10.7 Å². The van der Waals surface area contributed by atoms with E-state index in [0.717, 1.165) is 5.70 Å². The maximum Gasteiger partial charge on any atom is 0.177 e. The molecule has 0 amide bonds. The maximum atomic E-state index is 11.5. The summed E-state index contributed by atoms with van der Waals surface area (Å²) in [5.41, 5.74) is 0.869. The fourth-order valence-corrected chi connectivity index (χ4v) is 3.06. The van der Waals surface area contributed by atoms with E-state index in [-0.39, 0.29) is 11.8 Å². The second-order valence-corrected chi connectivity index (χ2v) is 5.56. The van der Waals surface area contributed by atoms with Gasteiger partial charge in [-0.05, 0) is 20.8 Å². The van der Waals surface area contributed by atoms with E-state index in [1.807, 2.05) is 25.8 Å². The lowest BCUT2D eigenvalue weighted by atomic mass is 10.3. The molecule has 0 bridgehead atoms. The van der Waals surface area contributed by atoms with Gasteiger partial charge in [0.1, 0.15) is 0 Å². The number of hydrogen-bond donors (Lipinski definition) is 0. The zero-order chi connectivity index (χ0) is 9.52. The quantitative estimate of drug-likeness (QED) is 0.570. The van der Waals surface area contributed by atoms with Crippen molar-refractivity contribution in [2.24, 2.45) is 0 Å². The van der Waals surface area contributed by atoms with Gasteiger partial charge in [-0.1, -0.05) is 0 Å². The molecule has 70 valence electrons. The summed E-state index contributed by atoms with van der Waals surface area (Å²) in [4.78, 5) is 2.53. The standard InChI is InChI=1S/C8H15NO2S/c1-6-5-12(10,11)8(3)7(2)9(6)4/h6H,5H2,1-4H3. The monoisotopic (exact) mass is 189 g/mol. The number of rotatable bonds is 0. The van der Waals surface area contributed by atoms with Crippen LogP contribution in [0.5, 0.6) is 0 Å². The Labute approximate surface area is 74.0 Å². The van der Waals surface area contributed by atoms with Crippen molar-refractivity contribution in [3.63, 3.8) is 0 Å². The minimum atomic E-state index is -2.95. The van der Waals surface area contributed by atoms with Crippen LogP contribution < -0.4 is 0 Å². The predicted octanol–water partition coefficient (Wildman–Crippen LogP) is 0.987. The molecular formula is C8H15NO2S. The molecule has 0 aromatic heterocycles. The van der Waals surface area contributed by atoms with Crippen molar-refractivity contribution in [3.05, 3.63) is 10.6 Å². The zero-order valence-electron chi connectivity index (χ0n) is 7.96. The van der Waals surface area contributed by atoms with E-state index in [2.05, 4.69) is 0 Å². The van der Waals surface area contributed by atoms with Crippen LogP contribution in [0.25, 0.3) is 0 Å². The molecule has 3 nitrogen and oxygen atoms in total. The summed E-state index contributed by atoms with van der Waals surface area (Å²) in [6, 6.07) is 0.0960. The molecule has 0 aromatic carbocycles. The van der Waals surface area contributed by atoms with E-state index in [0.29, 0.717) is 4.91 Å². The first-order valence-corrected chi connectivity index (χ1v) is 5.64. The molecule has 0 spiro atoms. The third-order valence-corrected chi connectivity index (χ3v) is 4.78. The highest BCUT2D eigenvalue weighted by molar-refractivity contribution is 7.95. The third-order valence-electron chi connectivity index (χ3n) is 2.63. The fourth-order valence-electron chi connectivity index (χ4n) is 1.36. The van der Waals surface area contributed by atoms with Crippen LogP contribution in [0.4, 0.5) is 0 Å². The van der Waals surface area contributed by atoms with Crippen LogP contribution in [0.15, 0.2) is 10.6 Å². The SMILES string of the molecule is CC1=C(C)S(=O)(=O)CC(C)N1C. The molecule has 1 unspecified atom stereocenters. The van der Waals surface area contributed by atoms with Gasteiger partial charge in [-0.2, -0.15) is 0 Å². The molecule has 1 aliphatic rings. The van der Waals surface area contributed by atoms with Crippen molar-refractivity contribution >= 4 is 9.84 Å². The van der Waals surface area contributed by atoms with Crippen LogP contribution in [0.3, 0.4) is 0 Å². The average Bonchev–Trinajstić information content (AvgIpc) is 1.97. The summed E-state index contributed by atoms with van der Waals surface area (Å²) in [6.45, 7) is 5.45. The number of allylic oxidation sites excluding steroid dienone is 2. The second-order valence-electron chi connectivity index (χ2n) is 3.38. The lowest BCUT2D eigenvalue weighted by Crippen LogP contribution is -2.39. The molecule has 0 saturated heterocycles. The molecular weight excluding hydrogens is 174 g/mol. The van der Waals surface area contributed by atoms with Gasteiger partial charge < -0.3 is 4.90 Å². The van der Waals surface area contributed by atoms with Gasteiger partial charge in [-0.3, -0.25) is 0 Å². The summed E-state index contributed by atoms with van der Waals surface area (Å²) >= 11 is 0. The number of nitrogens with zero attached hydrogens (tertiary/aromatic N) is 1. The summed E-state index contributed by atoms with van der Waals surface area (Å²) < 4.78 is 22.9. The van der Waals surface area contributed by atoms with E-state index in [9.17, 15) is 8.42 Å². The van der Waals surface area contributed by atoms with Crippen LogP contribution in [0, 0.1) is 0 Å². The van der Waals surface area contributed by atoms with Gasteiger partial charge in [0, 0.05) is 18.8 Å². The molecule has 12 heavy (non-hydrogen) atoms. The number of sulfone groups is 1. The lowest BCUT2D eigenvalue weighted by molar-refractivity contribution is 0.337. The molecule has 0 saturated carbocycles. The van der Waals surface area contributed by atoms with Crippen LogP contribution in [0.1, 0.15) is 20.8 Å². The van der Waals surface area contributed by atoms with Crippen LogP contribution in [-0.2, 0) is 9.84 Å². The highest BCUT2D eigenvalue weighted by Crippen LogP contribution is 2.23. The molecule has 4 heteroatoms. The highest BCUT2D eigenvalue weighted by Gasteiger charge is 2.28. The Bertz CT molecular complexity index is 316. The van der Waals surface area contributed by atoms with E-state index in [1.165, 1.54) is 0 Å². The van der Waals surface area contributed by atoms with E-state index >= 15 is 0 Å². The Morgan fingerprint density at radius 1 is 1.42 bits per heavy atom. The van der Waals surface area contributed by atoms with Crippen LogP contribution in [-0.4, -0.2) is 32.2 Å². The minimum Gasteiger partial charge on any atom is -0.374 e. The highest BCUT2D eigenvalue weighted by atomic mass is 32.2. The summed E-state index contributed by atoms with van der Waals surface area (Å²) in [6.07, 6.45) is 0. The molecule has 1 heterocycles. The Morgan fingerprint density at radius 2 is 1.92 bits per heavy atom. The Balaban J connectivity index is 3.23. The summed E-state index contributed by atoms with van der Waals surface area (Å²) in [7, 11) is -1.03. The van der Waals surface area contributed by atoms with Gasteiger partial charge in [-0.25, -0.2) is 8.42 Å². The predicted molar refractivity (Wildman–Crippen MR) is 49.4 cm³/mol. The summed E-state index contributed by atoms with van der Waals surface area (Å²) in [5, 5.41) is 0. The Kier molecular flexibility index (Phi) is 2.21. The van der Waals surface area contributed by atoms with Crippen molar-refractivity contribution in [1.29, 1.82) is 0 Å². The van der Waals surface area contributed by atoms with E-state index in [1.54, 1.807) is 6.92 Å². The minimum absolute atomic E-state index is 0.0960. The van der Waals surface area contributed by atoms with Crippen molar-refractivity contribution < 1.29 is 8.42 Å².